The number of nitrogens with two attached hydrogens (primary N) is 1. The SMILES string of the molecule is CCC1CCC(CN)(C(O)c2cc(F)c(F)c(F)c2)C1. The minimum Gasteiger partial charge on any atom is -0.388 e. The van der Waals surface area contributed by atoms with Gasteiger partial charge in [-0.05, 0) is 42.9 Å². The van der Waals surface area contributed by atoms with E-state index in [4.69, 9.17) is 5.73 Å². The highest BCUT2D eigenvalue weighted by atomic mass is 19.2. The van der Waals surface area contributed by atoms with Gasteiger partial charge >= 0.3 is 0 Å². The van der Waals surface area contributed by atoms with Crippen LogP contribution < -0.4 is 5.73 Å². The number of hydrogen-bond acceptors (Lipinski definition) is 2. The molecular formula is C15H20F3NO. The normalized spacial score (nSPS) is 27.8. The molecule has 2 rings (SSSR count). The quantitative estimate of drug-likeness (QED) is 0.835. The van der Waals surface area contributed by atoms with Crippen LogP contribution in [0.1, 0.15) is 44.3 Å². The molecule has 1 saturated carbocycles. The Kier molecular flexibility index (Phi) is 4.39. The van der Waals surface area contributed by atoms with Crippen molar-refractivity contribution < 1.29 is 18.3 Å². The number of aliphatic hydroxyl groups is 1. The Morgan fingerprint density at radius 3 is 2.40 bits per heavy atom. The van der Waals surface area contributed by atoms with E-state index in [0.29, 0.717) is 12.3 Å². The summed E-state index contributed by atoms with van der Waals surface area (Å²) in [5.74, 6) is -3.61. The second kappa shape index (κ2) is 5.74. The Morgan fingerprint density at radius 1 is 1.35 bits per heavy atom. The Balaban J connectivity index is 2.32. The van der Waals surface area contributed by atoms with Gasteiger partial charge in [0.05, 0.1) is 6.10 Å². The summed E-state index contributed by atoms with van der Waals surface area (Å²) in [6, 6.07) is 1.72. The molecule has 0 spiro atoms. The summed E-state index contributed by atoms with van der Waals surface area (Å²) in [6.07, 6.45) is 2.29. The van der Waals surface area contributed by atoms with Crippen molar-refractivity contribution in [2.45, 2.75) is 38.7 Å². The van der Waals surface area contributed by atoms with Crippen LogP contribution in [0.5, 0.6) is 0 Å². The van der Waals surface area contributed by atoms with Gasteiger partial charge in [-0.2, -0.15) is 0 Å². The van der Waals surface area contributed by atoms with Crippen LogP contribution in [0.15, 0.2) is 12.1 Å². The van der Waals surface area contributed by atoms with Gasteiger partial charge in [-0.15, -0.1) is 0 Å². The number of aliphatic hydroxyl groups excluding tert-OH is 1. The van der Waals surface area contributed by atoms with E-state index in [1.54, 1.807) is 0 Å². The van der Waals surface area contributed by atoms with Crippen LogP contribution >= 0.6 is 0 Å². The Labute approximate surface area is 116 Å². The van der Waals surface area contributed by atoms with Gasteiger partial charge in [0.15, 0.2) is 17.5 Å². The van der Waals surface area contributed by atoms with Gasteiger partial charge in [0.2, 0.25) is 0 Å². The zero-order chi connectivity index (χ0) is 14.9. The van der Waals surface area contributed by atoms with E-state index in [1.807, 2.05) is 0 Å². The topological polar surface area (TPSA) is 46.2 Å². The van der Waals surface area contributed by atoms with Crippen LogP contribution in [0.25, 0.3) is 0 Å². The summed E-state index contributed by atoms with van der Waals surface area (Å²) >= 11 is 0. The molecule has 0 bridgehead atoms. The van der Waals surface area contributed by atoms with Gasteiger partial charge in [0.25, 0.3) is 0 Å². The summed E-state index contributed by atoms with van der Waals surface area (Å²) in [7, 11) is 0. The van der Waals surface area contributed by atoms with E-state index < -0.39 is 29.0 Å². The smallest absolute Gasteiger partial charge is 0.194 e. The fraction of sp³-hybridized carbons (Fsp3) is 0.600. The summed E-state index contributed by atoms with van der Waals surface area (Å²) in [6.45, 7) is 2.31. The van der Waals surface area contributed by atoms with Crippen molar-refractivity contribution in [1.29, 1.82) is 0 Å². The molecule has 0 heterocycles. The van der Waals surface area contributed by atoms with E-state index in [2.05, 4.69) is 6.92 Å². The van der Waals surface area contributed by atoms with Gasteiger partial charge < -0.3 is 10.8 Å². The largest absolute Gasteiger partial charge is 0.388 e. The molecule has 1 aromatic rings. The summed E-state index contributed by atoms with van der Waals surface area (Å²) < 4.78 is 39.6. The van der Waals surface area contributed by atoms with E-state index >= 15 is 0 Å². The molecule has 20 heavy (non-hydrogen) atoms. The van der Waals surface area contributed by atoms with E-state index in [1.165, 1.54) is 0 Å². The van der Waals surface area contributed by atoms with Crippen molar-refractivity contribution in [3.8, 4) is 0 Å². The van der Waals surface area contributed by atoms with E-state index in [9.17, 15) is 18.3 Å². The fourth-order valence-electron chi connectivity index (χ4n) is 3.25. The van der Waals surface area contributed by atoms with Gasteiger partial charge in [0, 0.05) is 12.0 Å². The van der Waals surface area contributed by atoms with Crippen molar-refractivity contribution in [3.05, 3.63) is 35.1 Å². The van der Waals surface area contributed by atoms with Crippen LogP contribution in [-0.4, -0.2) is 11.7 Å². The highest BCUT2D eigenvalue weighted by molar-refractivity contribution is 5.24. The van der Waals surface area contributed by atoms with Crippen molar-refractivity contribution in [1.82, 2.24) is 0 Å². The van der Waals surface area contributed by atoms with Crippen LogP contribution in [0, 0.1) is 28.8 Å². The lowest BCUT2D eigenvalue weighted by Crippen LogP contribution is -2.34. The van der Waals surface area contributed by atoms with Gasteiger partial charge in [0.1, 0.15) is 0 Å². The molecule has 0 aromatic heterocycles. The van der Waals surface area contributed by atoms with E-state index in [-0.39, 0.29) is 12.1 Å². The molecule has 1 aliphatic rings. The Morgan fingerprint density at radius 2 is 1.95 bits per heavy atom. The maximum atomic E-state index is 13.3. The summed E-state index contributed by atoms with van der Waals surface area (Å²) in [4.78, 5) is 0. The molecular weight excluding hydrogens is 267 g/mol. The zero-order valence-electron chi connectivity index (χ0n) is 11.5. The Bertz CT molecular complexity index is 471. The first-order chi connectivity index (χ1) is 9.43. The lowest BCUT2D eigenvalue weighted by molar-refractivity contribution is 0.0295. The molecule has 1 aromatic carbocycles. The molecule has 0 saturated heterocycles. The Hall–Kier alpha value is -1.07. The minimum absolute atomic E-state index is 0.0589. The highest BCUT2D eigenvalue weighted by Crippen LogP contribution is 2.50. The van der Waals surface area contributed by atoms with Crippen LogP contribution in [0.4, 0.5) is 13.2 Å². The van der Waals surface area contributed by atoms with Crippen molar-refractivity contribution >= 4 is 0 Å². The molecule has 3 atom stereocenters. The first kappa shape index (κ1) is 15.3. The van der Waals surface area contributed by atoms with Crippen molar-refractivity contribution in [2.24, 2.45) is 17.1 Å². The molecule has 3 unspecified atom stereocenters. The summed E-state index contributed by atoms with van der Waals surface area (Å²) in [5.41, 5.74) is 5.30. The zero-order valence-corrected chi connectivity index (χ0v) is 11.5. The molecule has 1 fully saturated rings. The lowest BCUT2D eigenvalue weighted by Gasteiger charge is -2.33. The maximum absolute atomic E-state index is 13.3. The first-order valence-corrected chi connectivity index (χ1v) is 6.96. The van der Waals surface area contributed by atoms with Crippen LogP contribution in [0.3, 0.4) is 0 Å². The maximum Gasteiger partial charge on any atom is 0.194 e. The predicted molar refractivity (Wildman–Crippen MR) is 70.4 cm³/mol. The number of rotatable bonds is 4. The monoisotopic (exact) mass is 287 g/mol. The first-order valence-electron chi connectivity index (χ1n) is 6.96. The molecule has 5 heteroatoms. The van der Waals surface area contributed by atoms with Crippen molar-refractivity contribution in [3.63, 3.8) is 0 Å². The highest BCUT2D eigenvalue weighted by Gasteiger charge is 2.44. The standard InChI is InChI=1S/C15H20F3NO/c1-2-9-3-4-15(7-9,8-19)14(20)10-5-11(16)13(18)12(17)6-10/h5-6,9,14,20H,2-4,7-8,19H2,1H3. The molecule has 3 N–H and O–H groups in total. The summed E-state index contributed by atoms with van der Waals surface area (Å²) in [5, 5.41) is 10.5. The average molecular weight is 287 g/mol. The number of benzene rings is 1. The third-order valence-corrected chi connectivity index (χ3v) is 4.63. The lowest BCUT2D eigenvalue weighted by atomic mass is 9.76. The molecule has 0 amide bonds. The third kappa shape index (κ3) is 2.56. The molecule has 0 aliphatic heterocycles. The van der Waals surface area contributed by atoms with Crippen LogP contribution in [0.2, 0.25) is 0 Å². The average Bonchev–Trinajstić information content (AvgIpc) is 2.88. The second-order valence-corrected chi connectivity index (χ2v) is 5.78. The fourth-order valence-corrected chi connectivity index (χ4v) is 3.25. The molecule has 1 aliphatic carbocycles. The van der Waals surface area contributed by atoms with Crippen LogP contribution in [-0.2, 0) is 0 Å². The number of hydrogen-bond donors (Lipinski definition) is 2. The van der Waals surface area contributed by atoms with Gasteiger partial charge in [-0.25, -0.2) is 13.2 Å². The van der Waals surface area contributed by atoms with Crippen molar-refractivity contribution in [2.75, 3.05) is 6.54 Å². The second-order valence-electron chi connectivity index (χ2n) is 5.78. The molecule has 2 nitrogen and oxygen atoms in total. The molecule has 0 radical (unpaired) electrons. The third-order valence-electron chi connectivity index (χ3n) is 4.63. The minimum atomic E-state index is -1.51. The molecule has 112 valence electrons. The number of halogens is 3. The van der Waals surface area contributed by atoms with E-state index in [0.717, 1.165) is 31.4 Å². The van der Waals surface area contributed by atoms with Gasteiger partial charge in [-0.1, -0.05) is 13.3 Å². The predicted octanol–water partition coefficient (Wildman–Crippen LogP) is 3.29. The van der Waals surface area contributed by atoms with Gasteiger partial charge in [-0.3, -0.25) is 0 Å².